The lowest BCUT2D eigenvalue weighted by Gasteiger charge is -2.22. The molecule has 0 aliphatic heterocycles. The van der Waals surface area contributed by atoms with E-state index in [1.165, 1.54) is 0 Å². The summed E-state index contributed by atoms with van der Waals surface area (Å²) in [6.45, 7) is 0. The van der Waals surface area contributed by atoms with Crippen LogP contribution < -0.4 is 5.32 Å². The van der Waals surface area contributed by atoms with Crippen molar-refractivity contribution in [3.05, 3.63) is 12.2 Å². The SMILES string of the molecule is O=C(O)CC1(NC(=O)C2CC3C=CC2C3)CC1. The van der Waals surface area contributed by atoms with Crippen molar-refractivity contribution in [1.29, 1.82) is 0 Å². The molecule has 4 nitrogen and oxygen atoms in total. The van der Waals surface area contributed by atoms with Crippen LogP contribution in [0.25, 0.3) is 0 Å². The molecule has 3 aliphatic carbocycles. The Hall–Kier alpha value is -1.32. The lowest BCUT2D eigenvalue weighted by molar-refractivity contribution is -0.138. The van der Waals surface area contributed by atoms with Gasteiger partial charge in [-0.3, -0.25) is 9.59 Å². The molecular formula is C13H17NO3. The van der Waals surface area contributed by atoms with Crippen LogP contribution in [-0.2, 0) is 9.59 Å². The van der Waals surface area contributed by atoms with E-state index in [1.54, 1.807) is 0 Å². The van der Waals surface area contributed by atoms with E-state index in [2.05, 4.69) is 17.5 Å². The predicted octanol–water partition coefficient (Wildman–Crippen LogP) is 1.32. The lowest BCUT2D eigenvalue weighted by atomic mass is 9.92. The van der Waals surface area contributed by atoms with E-state index in [-0.39, 0.29) is 18.2 Å². The normalized spacial score (nSPS) is 35.9. The number of aliphatic carboxylic acids is 1. The van der Waals surface area contributed by atoms with Crippen molar-refractivity contribution < 1.29 is 14.7 Å². The molecule has 3 unspecified atom stereocenters. The molecule has 2 saturated carbocycles. The van der Waals surface area contributed by atoms with Crippen LogP contribution in [0, 0.1) is 17.8 Å². The number of carboxylic acids is 1. The van der Waals surface area contributed by atoms with Gasteiger partial charge in [-0.15, -0.1) is 0 Å². The first-order valence-electron chi connectivity index (χ1n) is 6.30. The van der Waals surface area contributed by atoms with Crippen LogP contribution in [0.1, 0.15) is 32.1 Å². The average Bonchev–Trinajstić information content (AvgIpc) is 2.76. The summed E-state index contributed by atoms with van der Waals surface area (Å²) in [6.07, 6.45) is 8.08. The van der Waals surface area contributed by atoms with Crippen molar-refractivity contribution in [1.82, 2.24) is 5.32 Å². The molecule has 2 N–H and O–H groups in total. The van der Waals surface area contributed by atoms with Gasteiger partial charge in [0.15, 0.2) is 0 Å². The smallest absolute Gasteiger partial charge is 0.305 e. The van der Waals surface area contributed by atoms with Crippen LogP contribution in [0.3, 0.4) is 0 Å². The van der Waals surface area contributed by atoms with Crippen molar-refractivity contribution in [2.24, 2.45) is 17.8 Å². The third-order valence-corrected chi connectivity index (χ3v) is 4.35. The molecule has 2 fully saturated rings. The number of carboxylic acid groups (broad SMARTS) is 1. The first kappa shape index (κ1) is 10.8. The van der Waals surface area contributed by atoms with E-state index >= 15 is 0 Å². The van der Waals surface area contributed by atoms with Crippen LogP contribution in [0.5, 0.6) is 0 Å². The number of rotatable bonds is 4. The summed E-state index contributed by atoms with van der Waals surface area (Å²) in [5.41, 5.74) is -0.422. The molecule has 0 aromatic heterocycles. The van der Waals surface area contributed by atoms with E-state index in [0.29, 0.717) is 11.8 Å². The molecular weight excluding hydrogens is 218 g/mol. The van der Waals surface area contributed by atoms with Gasteiger partial charge in [0.1, 0.15) is 0 Å². The summed E-state index contributed by atoms with van der Waals surface area (Å²) in [4.78, 5) is 22.9. The Bertz CT molecular complexity index is 397. The monoisotopic (exact) mass is 235 g/mol. The Morgan fingerprint density at radius 3 is 2.53 bits per heavy atom. The third-order valence-electron chi connectivity index (χ3n) is 4.35. The number of allylic oxidation sites excluding steroid dienone is 2. The molecule has 92 valence electrons. The van der Waals surface area contributed by atoms with Crippen molar-refractivity contribution in [2.45, 2.75) is 37.6 Å². The zero-order chi connectivity index (χ0) is 12.0. The van der Waals surface area contributed by atoms with E-state index in [1.807, 2.05) is 0 Å². The van der Waals surface area contributed by atoms with Gasteiger partial charge in [0, 0.05) is 5.92 Å². The Balaban J connectivity index is 1.61. The van der Waals surface area contributed by atoms with E-state index < -0.39 is 11.5 Å². The largest absolute Gasteiger partial charge is 0.481 e. The highest BCUT2D eigenvalue weighted by Gasteiger charge is 2.48. The summed E-state index contributed by atoms with van der Waals surface area (Å²) in [7, 11) is 0. The maximum Gasteiger partial charge on any atom is 0.305 e. The molecule has 0 heterocycles. The Morgan fingerprint density at radius 1 is 1.29 bits per heavy atom. The minimum absolute atomic E-state index is 0.0649. The molecule has 4 heteroatoms. The summed E-state index contributed by atoms with van der Waals surface area (Å²) in [6, 6.07) is 0. The molecule has 0 aromatic rings. The van der Waals surface area contributed by atoms with Gasteiger partial charge in [-0.2, -0.15) is 0 Å². The van der Waals surface area contributed by atoms with Crippen LogP contribution in [0.4, 0.5) is 0 Å². The average molecular weight is 235 g/mol. The Kier molecular flexibility index (Phi) is 2.28. The third kappa shape index (κ3) is 1.96. The fourth-order valence-electron chi connectivity index (χ4n) is 3.22. The summed E-state index contributed by atoms with van der Waals surface area (Å²) < 4.78 is 0. The number of fused-ring (bicyclic) bond motifs is 2. The highest BCUT2D eigenvalue weighted by molar-refractivity contribution is 5.82. The second-order valence-corrected chi connectivity index (χ2v) is 5.73. The molecule has 0 aromatic carbocycles. The predicted molar refractivity (Wildman–Crippen MR) is 61.2 cm³/mol. The zero-order valence-electron chi connectivity index (χ0n) is 9.69. The summed E-state index contributed by atoms with van der Waals surface area (Å²) >= 11 is 0. The van der Waals surface area contributed by atoms with Crippen LogP contribution >= 0.6 is 0 Å². The number of nitrogens with one attached hydrogen (secondary N) is 1. The van der Waals surface area contributed by atoms with Gasteiger partial charge in [0.2, 0.25) is 5.91 Å². The van der Waals surface area contributed by atoms with Gasteiger partial charge < -0.3 is 10.4 Å². The number of hydrogen-bond acceptors (Lipinski definition) is 2. The maximum atomic E-state index is 12.1. The van der Waals surface area contributed by atoms with Crippen molar-refractivity contribution in [2.75, 3.05) is 0 Å². The number of carbonyl (C=O) groups excluding carboxylic acids is 1. The van der Waals surface area contributed by atoms with E-state index in [4.69, 9.17) is 5.11 Å². The fourth-order valence-corrected chi connectivity index (χ4v) is 3.22. The standard InChI is InChI=1S/C13H17NO3/c15-11(16)7-13(3-4-13)14-12(17)10-6-8-1-2-9(10)5-8/h1-2,8-10H,3-7H2,(H,14,17)(H,15,16). The van der Waals surface area contributed by atoms with Gasteiger partial charge in [-0.25, -0.2) is 0 Å². The molecule has 3 aliphatic rings. The van der Waals surface area contributed by atoms with E-state index in [0.717, 1.165) is 25.7 Å². The van der Waals surface area contributed by atoms with Gasteiger partial charge in [0.05, 0.1) is 12.0 Å². The van der Waals surface area contributed by atoms with Gasteiger partial charge in [-0.1, -0.05) is 12.2 Å². The quantitative estimate of drug-likeness (QED) is 0.722. The summed E-state index contributed by atoms with van der Waals surface area (Å²) in [5, 5.41) is 11.8. The fraction of sp³-hybridized carbons (Fsp3) is 0.692. The highest BCUT2D eigenvalue weighted by atomic mass is 16.4. The summed E-state index contributed by atoms with van der Waals surface area (Å²) in [5.74, 6) is 0.290. The number of hydrogen-bond donors (Lipinski definition) is 2. The molecule has 1 amide bonds. The molecule has 17 heavy (non-hydrogen) atoms. The topological polar surface area (TPSA) is 66.4 Å². The van der Waals surface area contributed by atoms with Crippen LogP contribution in [0.2, 0.25) is 0 Å². The molecule has 3 atom stereocenters. The molecule has 2 bridgehead atoms. The Morgan fingerprint density at radius 2 is 2.06 bits per heavy atom. The molecule has 0 spiro atoms. The first-order chi connectivity index (χ1) is 8.08. The molecule has 0 radical (unpaired) electrons. The molecule has 3 rings (SSSR count). The van der Waals surface area contributed by atoms with Gasteiger partial charge in [-0.05, 0) is 37.5 Å². The number of carbonyl (C=O) groups is 2. The van der Waals surface area contributed by atoms with Crippen molar-refractivity contribution >= 4 is 11.9 Å². The zero-order valence-corrected chi connectivity index (χ0v) is 9.69. The lowest BCUT2D eigenvalue weighted by Crippen LogP contribution is -2.42. The van der Waals surface area contributed by atoms with Crippen molar-refractivity contribution in [3.63, 3.8) is 0 Å². The minimum Gasteiger partial charge on any atom is -0.481 e. The van der Waals surface area contributed by atoms with Crippen LogP contribution in [0.15, 0.2) is 12.2 Å². The molecule has 0 saturated heterocycles. The number of amides is 1. The van der Waals surface area contributed by atoms with Gasteiger partial charge >= 0.3 is 5.97 Å². The highest BCUT2D eigenvalue weighted by Crippen LogP contribution is 2.45. The van der Waals surface area contributed by atoms with Gasteiger partial charge in [0.25, 0.3) is 0 Å². The minimum atomic E-state index is -0.823. The second kappa shape index (κ2) is 3.59. The maximum absolute atomic E-state index is 12.1. The first-order valence-corrected chi connectivity index (χ1v) is 6.30. The van der Waals surface area contributed by atoms with Crippen molar-refractivity contribution in [3.8, 4) is 0 Å². The van der Waals surface area contributed by atoms with Crippen LogP contribution in [-0.4, -0.2) is 22.5 Å². The Labute approximate surface area is 100 Å². The van der Waals surface area contributed by atoms with E-state index in [9.17, 15) is 9.59 Å². The second-order valence-electron chi connectivity index (χ2n) is 5.73.